The number of nitrogens with zero attached hydrogens (tertiary/aromatic N) is 6. The first-order chi connectivity index (χ1) is 16.5. The lowest BCUT2D eigenvalue weighted by Gasteiger charge is -2.23. The summed E-state index contributed by atoms with van der Waals surface area (Å²) in [5.74, 6) is 3.91. The Morgan fingerprint density at radius 3 is 2.26 bits per heavy atom. The predicted octanol–water partition coefficient (Wildman–Crippen LogP) is 4.46. The highest BCUT2D eigenvalue weighted by Gasteiger charge is 2.23. The van der Waals surface area contributed by atoms with Gasteiger partial charge in [-0.25, -0.2) is 0 Å². The fourth-order valence-electron chi connectivity index (χ4n) is 3.72. The molecule has 0 saturated heterocycles. The molecular weight excluding hydrogens is 456 g/mol. The Morgan fingerprint density at radius 2 is 1.71 bits per heavy atom. The lowest BCUT2D eigenvalue weighted by molar-refractivity contribution is 0.270. The van der Waals surface area contributed by atoms with E-state index in [1.54, 1.807) is 45.2 Å². The molecule has 0 radical (unpaired) electrons. The molecule has 1 aromatic carbocycles. The van der Waals surface area contributed by atoms with Crippen LogP contribution in [0.3, 0.4) is 0 Å². The third kappa shape index (κ3) is 5.64. The fourth-order valence-corrected chi connectivity index (χ4v) is 4.53. The van der Waals surface area contributed by atoms with Gasteiger partial charge in [0.05, 0.1) is 33.1 Å². The summed E-state index contributed by atoms with van der Waals surface area (Å²) in [5.41, 5.74) is 0.684. The Bertz CT molecular complexity index is 1040. The van der Waals surface area contributed by atoms with E-state index < -0.39 is 0 Å². The molecule has 11 heteroatoms. The van der Waals surface area contributed by atoms with Gasteiger partial charge in [0.1, 0.15) is 0 Å². The molecule has 0 saturated carbocycles. The van der Waals surface area contributed by atoms with Gasteiger partial charge >= 0.3 is 0 Å². The van der Waals surface area contributed by atoms with Crippen LogP contribution in [-0.4, -0.2) is 65.3 Å². The Hall–Kier alpha value is -2.79. The molecule has 0 bridgehead atoms. The molecule has 1 atom stereocenters. The topological polar surface area (TPSA) is 101 Å². The van der Waals surface area contributed by atoms with Crippen LogP contribution in [-0.2, 0) is 12.3 Å². The number of benzene rings is 1. The standard InChI is InChI=1S/C23H34N6O4S/c1-8-10-11-29-21(16(9-2)28(3)4)25-27-23(29)34-14-19-24-26-22(33-19)15-12-17(30-5)20(32-7)18(13-15)31-6/h12-13,16H,8-11,14H2,1-7H3/t16-/m0/s1. The Kier molecular flexibility index (Phi) is 9.17. The lowest BCUT2D eigenvalue weighted by Crippen LogP contribution is -2.23. The normalized spacial score (nSPS) is 12.2. The molecule has 0 unspecified atom stereocenters. The zero-order valence-electron chi connectivity index (χ0n) is 21.0. The van der Waals surface area contributed by atoms with E-state index in [1.165, 1.54) is 0 Å². The van der Waals surface area contributed by atoms with Crippen molar-refractivity contribution in [2.75, 3.05) is 35.4 Å². The Balaban J connectivity index is 1.81. The quantitative estimate of drug-likeness (QED) is 0.319. The van der Waals surface area contributed by atoms with Gasteiger partial charge < -0.3 is 23.2 Å². The van der Waals surface area contributed by atoms with Gasteiger partial charge in [0.25, 0.3) is 0 Å². The summed E-state index contributed by atoms with van der Waals surface area (Å²) in [7, 11) is 8.85. The highest BCUT2D eigenvalue weighted by atomic mass is 32.2. The Morgan fingerprint density at radius 1 is 1.00 bits per heavy atom. The van der Waals surface area contributed by atoms with Crippen molar-refractivity contribution in [2.45, 2.75) is 56.6 Å². The average molecular weight is 491 g/mol. The number of aromatic nitrogens is 5. The van der Waals surface area contributed by atoms with Gasteiger partial charge in [-0.1, -0.05) is 32.0 Å². The minimum absolute atomic E-state index is 0.216. The summed E-state index contributed by atoms with van der Waals surface area (Å²) in [6, 6.07) is 3.78. The van der Waals surface area contributed by atoms with Crippen LogP contribution in [0.4, 0.5) is 0 Å². The number of hydrogen-bond acceptors (Lipinski definition) is 10. The zero-order valence-corrected chi connectivity index (χ0v) is 21.8. The monoisotopic (exact) mass is 490 g/mol. The van der Waals surface area contributed by atoms with Crippen molar-refractivity contribution < 1.29 is 18.6 Å². The SMILES string of the molecule is CCCCn1c(SCc2nnc(-c3cc(OC)c(OC)c(OC)c3)o2)nnc1[C@H](CC)N(C)C. The van der Waals surface area contributed by atoms with E-state index in [1.807, 2.05) is 0 Å². The van der Waals surface area contributed by atoms with Crippen molar-refractivity contribution in [3.8, 4) is 28.7 Å². The zero-order chi connectivity index (χ0) is 24.7. The maximum absolute atomic E-state index is 5.94. The van der Waals surface area contributed by atoms with Crippen molar-refractivity contribution in [1.82, 2.24) is 29.9 Å². The minimum Gasteiger partial charge on any atom is -0.493 e. The third-order valence-electron chi connectivity index (χ3n) is 5.49. The largest absolute Gasteiger partial charge is 0.493 e. The summed E-state index contributed by atoms with van der Waals surface area (Å²) >= 11 is 1.55. The van der Waals surface area contributed by atoms with Gasteiger partial charge in [0, 0.05) is 12.1 Å². The lowest BCUT2D eigenvalue weighted by atomic mass is 10.2. The van der Waals surface area contributed by atoms with E-state index in [9.17, 15) is 0 Å². The minimum atomic E-state index is 0.216. The van der Waals surface area contributed by atoms with Gasteiger partial charge in [-0.05, 0) is 39.1 Å². The van der Waals surface area contributed by atoms with Crippen molar-refractivity contribution in [2.24, 2.45) is 0 Å². The van der Waals surface area contributed by atoms with Crippen LogP contribution >= 0.6 is 11.8 Å². The molecule has 34 heavy (non-hydrogen) atoms. The molecular formula is C23H34N6O4S. The second kappa shape index (κ2) is 12.1. The van der Waals surface area contributed by atoms with E-state index in [0.29, 0.717) is 40.3 Å². The summed E-state index contributed by atoms with van der Waals surface area (Å²) in [6.45, 7) is 5.23. The maximum atomic E-state index is 5.94. The smallest absolute Gasteiger partial charge is 0.248 e. The van der Waals surface area contributed by atoms with E-state index in [4.69, 9.17) is 18.6 Å². The van der Waals surface area contributed by atoms with Crippen LogP contribution in [0.5, 0.6) is 17.2 Å². The highest BCUT2D eigenvalue weighted by molar-refractivity contribution is 7.98. The van der Waals surface area contributed by atoms with E-state index in [0.717, 1.165) is 36.8 Å². The van der Waals surface area contributed by atoms with E-state index >= 15 is 0 Å². The van der Waals surface area contributed by atoms with Gasteiger partial charge in [0.2, 0.25) is 17.5 Å². The van der Waals surface area contributed by atoms with Crippen LogP contribution in [0.2, 0.25) is 0 Å². The van der Waals surface area contributed by atoms with Crippen LogP contribution in [0.1, 0.15) is 50.9 Å². The molecule has 3 rings (SSSR count). The molecule has 0 aliphatic heterocycles. The van der Waals surface area contributed by atoms with Crippen LogP contribution < -0.4 is 14.2 Å². The average Bonchev–Trinajstić information content (AvgIpc) is 3.47. The number of unbranched alkanes of at least 4 members (excludes halogenated alkanes) is 1. The molecule has 0 aliphatic rings. The van der Waals surface area contributed by atoms with Crippen LogP contribution in [0.15, 0.2) is 21.7 Å². The molecule has 0 fully saturated rings. The first-order valence-electron chi connectivity index (χ1n) is 11.3. The van der Waals surface area contributed by atoms with Crippen molar-refractivity contribution in [3.05, 3.63) is 23.8 Å². The van der Waals surface area contributed by atoms with Gasteiger partial charge in [-0.3, -0.25) is 4.90 Å². The Labute approximate surface area is 205 Å². The van der Waals surface area contributed by atoms with E-state index in [-0.39, 0.29) is 6.04 Å². The number of rotatable bonds is 13. The molecule has 0 spiro atoms. The van der Waals surface area contributed by atoms with Gasteiger partial charge in [-0.15, -0.1) is 20.4 Å². The number of hydrogen-bond donors (Lipinski definition) is 0. The summed E-state index contributed by atoms with van der Waals surface area (Å²) in [4.78, 5) is 2.18. The highest BCUT2D eigenvalue weighted by Crippen LogP contribution is 2.41. The molecule has 2 heterocycles. The third-order valence-corrected chi connectivity index (χ3v) is 6.44. The van der Waals surface area contributed by atoms with E-state index in [2.05, 4.69) is 57.8 Å². The first-order valence-corrected chi connectivity index (χ1v) is 12.3. The van der Waals surface area contributed by atoms with Crippen molar-refractivity contribution in [1.29, 1.82) is 0 Å². The van der Waals surface area contributed by atoms with Crippen molar-refractivity contribution in [3.63, 3.8) is 0 Å². The summed E-state index contributed by atoms with van der Waals surface area (Å²) in [5, 5.41) is 18.3. The first kappa shape index (κ1) is 25.8. The van der Waals surface area contributed by atoms with Crippen LogP contribution in [0, 0.1) is 0 Å². The second-order valence-electron chi connectivity index (χ2n) is 7.94. The molecule has 0 amide bonds. The molecule has 2 aromatic heterocycles. The van der Waals surface area contributed by atoms with Crippen molar-refractivity contribution >= 4 is 11.8 Å². The van der Waals surface area contributed by atoms with Gasteiger partial charge in [0.15, 0.2) is 22.5 Å². The van der Waals surface area contributed by atoms with Gasteiger partial charge in [-0.2, -0.15) is 0 Å². The molecule has 3 aromatic rings. The molecule has 186 valence electrons. The number of ether oxygens (including phenoxy) is 3. The molecule has 0 N–H and O–H groups in total. The molecule has 0 aliphatic carbocycles. The second-order valence-corrected chi connectivity index (χ2v) is 8.88. The maximum Gasteiger partial charge on any atom is 0.248 e. The fraction of sp³-hybridized carbons (Fsp3) is 0.565. The summed E-state index contributed by atoms with van der Waals surface area (Å²) < 4.78 is 24.4. The number of methoxy groups -OCH3 is 3. The predicted molar refractivity (Wildman–Crippen MR) is 131 cm³/mol. The molecule has 10 nitrogen and oxygen atoms in total. The number of thioether (sulfide) groups is 1. The summed E-state index contributed by atoms with van der Waals surface area (Å²) in [6.07, 6.45) is 3.13. The van der Waals surface area contributed by atoms with Crippen LogP contribution in [0.25, 0.3) is 11.5 Å².